The lowest BCUT2D eigenvalue weighted by atomic mass is 9.96. The van der Waals surface area contributed by atoms with Crippen LogP contribution in [0.1, 0.15) is 60.9 Å². The molecule has 3 heterocycles. The van der Waals surface area contributed by atoms with Gasteiger partial charge in [0.1, 0.15) is 5.56 Å². The van der Waals surface area contributed by atoms with Crippen LogP contribution < -0.4 is 16.3 Å². The third-order valence-corrected chi connectivity index (χ3v) is 7.43. The van der Waals surface area contributed by atoms with Crippen LogP contribution in [-0.2, 0) is 21.1 Å². The maximum atomic E-state index is 12.6. The fourth-order valence-corrected chi connectivity index (χ4v) is 5.44. The molecule has 0 bridgehead atoms. The molecule has 2 aliphatic heterocycles. The fraction of sp³-hybridized carbons (Fsp3) is 0.632. The Balaban J connectivity index is 1.44. The van der Waals surface area contributed by atoms with E-state index in [1.807, 2.05) is 0 Å². The lowest BCUT2D eigenvalue weighted by molar-refractivity contribution is 0.0416. The average molecular weight is 423 g/mol. The number of fused-ring (bicyclic) bond motifs is 1. The van der Waals surface area contributed by atoms with Crippen molar-refractivity contribution >= 4 is 27.3 Å². The molecule has 1 aliphatic carbocycles. The minimum Gasteiger partial charge on any atom is -0.406 e. The maximum absolute atomic E-state index is 12.6. The van der Waals surface area contributed by atoms with Gasteiger partial charge in [0.05, 0.1) is 17.2 Å². The van der Waals surface area contributed by atoms with Gasteiger partial charge in [0.15, 0.2) is 9.84 Å². The van der Waals surface area contributed by atoms with Crippen molar-refractivity contribution in [3.8, 4) is 0 Å². The van der Waals surface area contributed by atoms with Crippen LogP contribution in [0.4, 0.5) is 5.88 Å². The van der Waals surface area contributed by atoms with Gasteiger partial charge in [-0.25, -0.2) is 13.2 Å². The first-order valence-electron chi connectivity index (χ1n) is 10.1. The second-order valence-corrected chi connectivity index (χ2v) is 10.2. The molecule has 1 aromatic heterocycles. The van der Waals surface area contributed by atoms with Gasteiger partial charge < -0.3 is 14.6 Å². The van der Waals surface area contributed by atoms with Crippen molar-refractivity contribution in [1.82, 2.24) is 5.32 Å². The molecule has 0 radical (unpaired) electrons. The van der Waals surface area contributed by atoms with E-state index in [9.17, 15) is 18.0 Å². The number of oxime groups is 1. The van der Waals surface area contributed by atoms with Crippen molar-refractivity contribution in [1.29, 1.82) is 0 Å². The standard InChI is InChI=1S/C19H25N3O6S/c23-15-11-13(6-5-12-3-1-2-4-12)16-17(24)20-19(21-18(16)27-15)28-22-14-7-9-29(25,26)10-8-14/h11-12,19,21H,1-10H2,(H,20,24). The topological polar surface area (TPSA) is 127 Å². The molecular formula is C19H25N3O6S. The summed E-state index contributed by atoms with van der Waals surface area (Å²) < 4.78 is 28.1. The summed E-state index contributed by atoms with van der Waals surface area (Å²) in [6, 6.07) is 1.39. The molecule has 29 heavy (non-hydrogen) atoms. The maximum Gasteiger partial charge on any atom is 0.337 e. The van der Waals surface area contributed by atoms with E-state index in [1.54, 1.807) is 0 Å². The molecular weight excluding hydrogens is 398 g/mol. The Morgan fingerprint density at radius 3 is 2.59 bits per heavy atom. The number of rotatable bonds is 5. The minimum atomic E-state index is -3.00. The van der Waals surface area contributed by atoms with Crippen LogP contribution >= 0.6 is 0 Å². The first-order valence-corrected chi connectivity index (χ1v) is 11.9. The molecule has 1 amide bonds. The number of nitrogens with zero attached hydrogens (tertiary/aromatic N) is 1. The van der Waals surface area contributed by atoms with Crippen LogP contribution in [0.5, 0.6) is 0 Å². The first-order chi connectivity index (χ1) is 13.9. The van der Waals surface area contributed by atoms with Crippen molar-refractivity contribution in [2.24, 2.45) is 11.1 Å². The third kappa shape index (κ3) is 4.80. The van der Waals surface area contributed by atoms with Gasteiger partial charge in [-0.05, 0) is 24.3 Å². The van der Waals surface area contributed by atoms with Gasteiger partial charge in [-0.2, -0.15) is 0 Å². The highest BCUT2D eigenvalue weighted by Gasteiger charge is 2.31. The van der Waals surface area contributed by atoms with Gasteiger partial charge in [-0.3, -0.25) is 10.1 Å². The molecule has 1 saturated carbocycles. The molecule has 4 rings (SSSR count). The van der Waals surface area contributed by atoms with Gasteiger partial charge >= 0.3 is 5.63 Å². The van der Waals surface area contributed by atoms with E-state index in [4.69, 9.17) is 9.25 Å². The Bertz CT molecular complexity index is 962. The Hall–Kier alpha value is -2.36. The summed E-state index contributed by atoms with van der Waals surface area (Å²) >= 11 is 0. The summed E-state index contributed by atoms with van der Waals surface area (Å²) in [5, 5.41) is 9.47. The zero-order valence-corrected chi connectivity index (χ0v) is 16.9. The van der Waals surface area contributed by atoms with E-state index in [0.29, 0.717) is 42.0 Å². The molecule has 1 unspecified atom stereocenters. The number of hydrogen-bond acceptors (Lipinski definition) is 8. The number of amides is 1. The predicted octanol–water partition coefficient (Wildman–Crippen LogP) is 1.78. The number of anilines is 1. The quantitative estimate of drug-likeness (QED) is 0.691. The zero-order valence-electron chi connectivity index (χ0n) is 16.1. The molecule has 1 aromatic rings. The van der Waals surface area contributed by atoms with Crippen LogP contribution in [0, 0.1) is 5.92 Å². The van der Waals surface area contributed by atoms with Crippen molar-refractivity contribution in [2.75, 3.05) is 16.8 Å². The molecule has 3 aliphatic rings. The number of sulfone groups is 1. The van der Waals surface area contributed by atoms with E-state index >= 15 is 0 Å². The average Bonchev–Trinajstić information content (AvgIpc) is 3.18. The third-order valence-electron chi connectivity index (χ3n) is 5.78. The molecule has 9 nitrogen and oxygen atoms in total. The zero-order chi connectivity index (χ0) is 20.4. The molecule has 1 atom stereocenters. The molecule has 2 N–H and O–H groups in total. The van der Waals surface area contributed by atoms with E-state index in [-0.39, 0.29) is 23.3 Å². The van der Waals surface area contributed by atoms with Crippen molar-refractivity contribution in [3.05, 3.63) is 27.6 Å². The summed E-state index contributed by atoms with van der Waals surface area (Å²) in [6.45, 7) is 0. The van der Waals surface area contributed by atoms with Crippen LogP contribution in [0.15, 0.2) is 20.4 Å². The van der Waals surface area contributed by atoms with Gasteiger partial charge in [-0.15, -0.1) is 0 Å². The van der Waals surface area contributed by atoms with E-state index in [1.165, 1.54) is 31.7 Å². The van der Waals surface area contributed by atoms with E-state index in [2.05, 4.69) is 15.8 Å². The van der Waals surface area contributed by atoms with Crippen LogP contribution in [0.2, 0.25) is 0 Å². The smallest absolute Gasteiger partial charge is 0.337 e. The fourth-order valence-electron chi connectivity index (χ4n) is 4.14. The molecule has 2 fully saturated rings. The Labute approximate surface area is 168 Å². The highest BCUT2D eigenvalue weighted by molar-refractivity contribution is 7.91. The van der Waals surface area contributed by atoms with Crippen molar-refractivity contribution in [2.45, 2.75) is 57.7 Å². The van der Waals surface area contributed by atoms with Crippen LogP contribution in [-0.4, -0.2) is 37.9 Å². The summed E-state index contributed by atoms with van der Waals surface area (Å²) in [5.41, 5.74) is 1.11. The highest BCUT2D eigenvalue weighted by Crippen LogP contribution is 2.30. The Morgan fingerprint density at radius 1 is 1.14 bits per heavy atom. The summed E-state index contributed by atoms with van der Waals surface area (Å²) in [7, 11) is -3.00. The molecule has 0 spiro atoms. The molecule has 10 heteroatoms. The predicted molar refractivity (Wildman–Crippen MR) is 107 cm³/mol. The summed E-state index contributed by atoms with van der Waals surface area (Å²) in [5.74, 6) is 0.423. The lowest BCUT2D eigenvalue weighted by Crippen LogP contribution is -2.47. The SMILES string of the molecule is O=C1NC(ON=C2CCS(=O)(=O)CC2)Nc2oc(=O)cc(CCC3CCCC3)c21. The second kappa shape index (κ2) is 8.17. The normalized spacial score (nSPS) is 23.8. The molecule has 158 valence electrons. The number of carbonyl (C=O) groups excluding carboxylic acids is 1. The van der Waals surface area contributed by atoms with Gasteiger partial charge in [-0.1, -0.05) is 30.8 Å². The number of nitrogens with one attached hydrogen (secondary N) is 2. The van der Waals surface area contributed by atoms with Gasteiger partial charge in [0.25, 0.3) is 12.3 Å². The number of aryl methyl sites for hydroxylation is 1. The van der Waals surface area contributed by atoms with E-state index in [0.717, 1.165) is 6.42 Å². The highest BCUT2D eigenvalue weighted by atomic mass is 32.2. The summed E-state index contributed by atoms with van der Waals surface area (Å²) in [4.78, 5) is 29.9. The Kier molecular flexibility index (Phi) is 5.62. The molecule has 1 saturated heterocycles. The minimum absolute atomic E-state index is 0.0434. The number of carbonyl (C=O) groups is 1. The summed E-state index contributed by atoms with van der Waals surface area (Å²) in [6.07, 6.45) is 6.10. The van der Waals surface area contributed by atoms with Gasteiger partial charge in [0, 0.05) is 18.9 Å². The van der Waals surface area contributed by atoms with Crippen molar-refractivity contribution < 1.29 is 22.5 Å². The van der Waals surface area contributed by atoms with Gasteiger partial charge in [0.2, 0.25) is 5.88 Å². The first kappa shape index (κ1) is 19.9. The van der Waals surface area contributed by atoms with Crippen LogP contribution in [0.3, 0.4) is 0 Å². The second-order valence-electron chi connectivity index (χ2n) is 7.90. The Morgan fingerprint density at radius 2 is 1.86 bits per heavy atom. The van der Waals surface area contributed by atoms with Crippen LogP contribution in [0.25, 0.3) is 0 Å². The lowest BCUT2D eigenvalue weighted by Gasteiger charge is -2.26. The largest absolute Gasteiger partial charge is 0.406 e. The monoisotopic (exact) mass is 423 g/mol. The number of hydrogen-bond donors (Lipinski definition) is 2. The van der Waals surface area contributed by atoms with E-state index < -0.39 is 21.8 Å². The van der Waals surface area contributed by atoms with Crippen molar-refractivity contribution in [3.63, 3.8) is 0 Å². The molecule has 0 aromatic carbocycles.